The second-order valence-corrected chi connectivity index (χ2v) is 7.56. The van der Waals surface area contributed by atoms with Crippen molar-refractivity contribution in [2.24, 2.45) is 11.8 Å². The summed E-state index contributed by atoms with van der Waals surface area (Å²) in [6.45, 7) is 8.54. The van der Waals surface area contributed by atoms with Crippen LogP contribution in [0.3, 0.4) is 0 Å². The maximum absolute atomic E-state index is 12.2. The number of fused-ring (bicyclic) bond motifs is 1. The monoisotopic (exact) mass is 348 g/mol. The first kappa shape index (κ1) is 17.4. The molecule has 0 N–H and O–H groups in total. The summed E-state index contributed by atoms with van der Waals surface area (Å²) in [6.07, 6.45) is 2.80. The van der Waals surface area contributed by atoms with Crippen LogP contribution in [0.25, 0.3) is 0 Å². The molecule has 2 fully saturated rings. The van der Waals surface area contributed by atoms with Gasteiger partial charge in [-0.1, -0.05) is 0 Å². The molecule has 0 aromatic carbocycles. The molecule has 0 spiro atoms. The van der Waals surface area contributed by atoms with Crippen LogP contribution in [0.5, 0.6) is 0 Å². The molecular weight excluding hydrogens is 324 g/mol. The van der Waals surface area contributed by atoms with Crippen molar-refractivity contribution in [2.75, 3.05) is 38.2 Å². The Bertz CT molecular complexity index is 659. The average Bonchev–Trinajstić information content (AvgIpc) is 3.11. The van der Waals surface area contributed by atoms with Gasteiger partial charge < -0.3 is 19.3 Å². The highest BCUT2D eigenvalue weighted by Gasteiger charge is 2.43. The van der Waals surface area contributed by atoms with Gasteiger partial charge in [-0.3, -0.25) is 4.98 Å². The standard InChI is InChI=1S/C17H24N4O4/c1-17(2,3)25-16(23)21-9-11-7-20(8-12(11)10-21)14-6-18-5-13(19-14)15(22)24-4/h5-6,11-12H,7-10H2,1-4H3/t11-,12+. The minimum absolute atomic E-state index is 0.201. The van der Waals surface area contributed by atoms with Crippen LogP contribution >= 0.6 is 0 Å². The zero-order valence-electron chi connectivity index (χ0n) is 15.1. The summed E-state index contributed by atoms with van der Waals surface area (Å²) in [4.78, 5) is 36.1. The van der Waals surface area contributed by atoms with E-state index in [1.807, 2.05) is 20.8 Å². The van der Waals surface area contributed by atoms with Crippen molar-refractivity contribution in [1.29, 1.82) is 0 Å². The van der Waals surface area contributed by atoms with Crippen LogP contribution in [0.2, 0.25) is 0 Å². The largest absolute Gasteiger partial charge is 0.464 e. The van der Waals surface area contributed by atoms with Crippen molar-refractivity contribution >= 4 is 17.9 Å². The van der Waals surface area contributed by atoms with E-state index in [9.17, 15) is 9.59 Å². The lowest BCUT2D eigenvalue weighted by Crippen LogP contribution is -2.37. The van der Waals surface area contributed by atoms with Crippen molar-refractivity contribution < 1.29 is 19.1 Å². The summed E-state index contributed by atoms with van der Waals surface area (Å²) >= 11 is 0. The summed E-state index contributed by atoms with van der Waals surface area (Å²) in [5.41, 5.74) is -0.280. The Morgan fingerprint density at radius 1 is 1.12 bits per heavy atom. The van der Waals surface area contributed by atoms with E-state index in [4.69, 9.17) is 9.47 Å². The predicted octanol–water partition coefficient (Wildman–Crippen LogP) is 1.57. The number of aromatic nitrogens is 2. The van der Waals surface area contributed by atoms with Crippen LogP contribution in [0.4, 0.5) is 10.6 Å². The zero-order chi connectivity index (χ0) is 18.2. The number of anilines is 1. The second-order valence-electron chi connectivity index (χ2n) is 7.56. The van der Waals surface area contributed by atoms with Crippen LogP contribution in [0.1, 0.15) is 31.3 Å². The summed E-state index contributed by atoms with van der Waals surface area (Å²) in [5.74, 6) is 0.915. The van der Waals surface area contributed by atoms with Gasteiger partial charge in [-0.25, -0.2) is 14.6 Å². The number of ether oxygens (including phenoxy) is 2. The Morgan fingerprint density at radius 3 is 2.32 bits per heavy atom. The van der Waals surface area contributed by atoms with E-state index in [1.165, 1.54) is 13.3 Å². The fourth-order valence-corrected chi connectivity index (χ4v) is 3.37. The van der Waals surface area contributed by atoms with Crippen LogP contribution in [0, 0.1) is 11.8 Å². The SMILES string of the molecule is COC(=O)c1cncc(N2C[C@H]3CN(C(=O)OC(C)(C)C)C[C@H]3C2)n1. The van der Waals surface area contributed by atoms with Gasteiger partial charge in [0.15, 0.2) is 5.69 Å². The normalized spacial score (nSPS) is 22.7. The molecule has 2 aliphatic heterocycles. The Labute approximate surface area is 147 Å². The Morgan fingerprint density at radius 2 is 1.76 bits per heavy atom. The first-order valence-corrected chi connectivity index (χ1v) is 8.40. The molecule has 2 aliphatic rings. The van der Waals surface area contributed by atoms with Gasteiger partial charge in [0.1, 0.15) is 11.4 Å². The van der Waals surface area contributed by atoms with Crippen LogP contribution in [0.15, 0.2) is 12.4 Å². The number of methoxy groups -OCH3 is 1. The second kappa shape index (κ2) is 6.50. The molecule has 0 bridgehead atoms. The average molecular weight is 348 g/mol. The van der Waals surface area contributed by atoms with Crippen LogP contribution < -0.4 is 4.90 Å². The Hall–Kier alpha value is -2.38. The van der Waals surface area contributed by atoms with Crippen molar-refractivity contribution in [3.8, 4) is 0 Å². The lowest BCUT2D eigenvalue weighted by molar-refractivity contribution is 0.0282. The lowest BCUT2D eigenvalue weighted by Gasteiger charge is -2.26. The number of carbonyl (C=O) groups is 2. The maximum Gasteiger partial charge on any atom is 0.410 e. The van der Waals surface area contributed by atoms with Gasteiger partial charge in [0, 0.05) is 38.0 Å². The predicted molar refractivity (Wildman–Crippen MR) is 90.4 cm³/mol. The number of carbonyl (C=O) groups excluding carboxylic acids is 2. The topological polar surface area (TPSA) is 84.9 Å². The lowest BCUT2D eigenvalue weighted by atomic mass is 10.0. The van der Waals surface area contributed by atoms with Gasteiger partial charge in [0.05, 0.1) is 19.5 Å². The molecule has 1 amide bonds. The third kappa shape index (κ3) is 3.83. The van der Waals surface area contributed by atoms with E-state index in [2.05, 4.69) is 14.9 Å². The highest BCUT2D eigenvalue weighted by Crippen LogP contribution is 2.33. The summed E-state index contributed by atoms with van der Waals surface area (Å²) < 4.78 is 10.1. The van der Waals surface area contributed by atoms with Crippen LogP contribution in [-0.4, -0.2) is 65.8 Å². The molecule has 3 rings (SSSR count). The molecule has 1 aromatic rings. The number of esters is 1. The molecule has 25 heavy (non-hydrogen) atoms. The first-order chi connectivity index (χ1) is 11.8. The Kier molecular flexibility index (Phi) is 4.53. The molecule has 0 unspecified atom stereocenters. The minimum Gasteiger partial charge on any atom is -0.464 e. The summed E-state index contributed by atoms with van der Waals surface area (Å²) in [6, 6.07) is 0. The van der Waals surface area contributed by atoms with E-state index in [0.29, 0.717) is 30.7 Å². The van der Waals surface area contributed by atoms with Crippen molar-refractivity contribution in [2.45, 2.75) is 26.4 Å². The van der Waals surface area contributed by atoms with Gasteiger partial charge in [-0.2, -0.15) is 0 Å². The molecule has 3 heterocycles. The molecule has 2 saturated heterocycles. The van der Waals surface area contributed by atoms with Crippen molar-refractivity contribution in [3.63, 3.8) is 0 Å². The number of hydrogen-bond donors (Lipinski definition) is 0. The van der Waals surface area contributed by atoms with Gasteiger partial charge >= 0.3 is 12.1 Å². The fraction of sp³-hybridized carbons (Fsp3) is 0.647. The van der Waals surface area contributed by atoms with E-state index >= 15 is 0 Å². The van der Waals surface area contributed by atoms with Gasteiger partial charge in [-0.05, 0) is 20.8 Å². The number of amides is 1. The fourth-order valence-electron chi connectivity index (χ4n) is 3.37. The zero-order valence-corrected chi connectivity index (χ0v) is 15.1. The van der Waals surface area contributed by atoms with Crippen molar-refractivity contribution in [3.05, 3.63) is 18.1 Å². The molecule has 1 aromatic heterocycles. The third-order valence-corrected chi connectivity index (χ3v) is 4.48. The molecule has 0 aliphatic carbocycles. The molecule has 2 atom stereocenters. The molecule has 8 nitrogen and oxygen atoms in total. The van der Waals surface area contributed by atoms with Crippen molar-refractivity contribution in [1.82, 2.24) is 14.9 Å². The third-order valence-electron chi connectivity index (χ3n) is 4.48. The first-order valence-electron chi connectivity index (χ1n) is 8.40. The molecule has 136 valence electrons. The molecule has 8 heteroatoms. The summed E-state index contributed by atoms with van der Waals surface area (Å²) in [7, 11) is 1.32. The number of likely N-dealkylation sites (tertiary alicyclic amines) is 1. The molecular formula is C17H24N4O4. The van der Waals surface area contributed by atoms with E-state index in [0.717, 1.165) is 13.1 Å². The highest BCUT2D eigenvalue weighted by molar-refractivity contribution is 5.87. The highest BCUT2D eigenvalue weighted by atomic mass is 16.6. The molecule has 0 radical (unpaired) electrons. The number of nitrogens with zero attached hydrogens (tertiary/aromatic N) is 4. The van der Waals surface area contributed by atoms with E-state index in [1.54, 1.807) is 11.1 Å². The maximum atomic E-state index is 12.2. The van der Waals surface area contributed by atoms with Crippen LogP contribution in [-0.2, 0) is 9.47 Å². The van der Waals surface area contributed by atoms with E-state index < -0.39 is 11.6 Å². The summed E-state index contributed by atoms with van der Waals surface area (Å²) in [5, 5.41) is 0. The minimum atomic E-state index is -0.496. The smallest absolute Gasteiger partial charge is 0.410 e. The number of rotatable bonds is 2. The quantitative estimate of drug-likeness (QED) is 0.750. The van der Waals surface area contributed by atoms with Gasteiger partial charge in [0.2, 0.25) is 0 Å². The molecule has 0 saturated carbocycles. The Balaban J connectivity index is 1.62. The van der Waals surface area contributed by atoms with E-state index in [-0.39, 0.29) is 11.8 Å². The van der Waals surface area contributed by atoms with Gasteiger partial charge in [-0.15, -0.1) is 0 Å². The van der Waals surface area contributed by atoms with Gasteiger partial charge in [0.25, 0.3) is 0 Å². The number of hydrogen-bond acceptors (Lipinski definition) is 7.